The summed E-state index contributed by atoms with van der Waals surface area (Å²) in [6.45, 7) is 8.37. The van der Waals surface area contributed by atoms with Crippen LogP contribution in [0.5, 0.6) is 0 Å². The van der Waals surface area contributed by atoms with Gasteiger partial charge >= 0.3 is 0 Å². The van der Waals surface area contributed by atoms with Crippen molar-refractivity contribution in [2.24, 2.45) is 0 Å². The zero-order valence-corrected chi connectivity index (χ0v) is 12.2. The maximum Gasteiger partial charge on any atom is 0.0154 e. The minimum atomic E-state index is 0.421. The first-order chi connectivity index (χ1) is 9.17. The largest absolute Gasteiger partial charge is 0.312 e. The second kappa shape index (κ2) is 5.26. The highest BCUT2D eigenvalue weighted by atomic mass is 15.2. The number of nitrogens with one attached hydrogen (secondary N) is 1. The maximum absolute atomic E-state index is 3.73. The molecule has 1 saturated heterocycles. The van der Waals surface area contributed by atoms with Gasteiger partial charge in [0.25, 0.3) is 0 Å². The summed E-state index contributed by atoms with van der Waals surface area (Å²) in [5.41, 5.74) is 1.92. The van der Waals surface area contributed by atoms with Crippen LogP contribution in [0.4, 0.5) is 0 Å². The molecule has 0 bridgehead atoms. The first kappa shape index (κ1) is 13.1. The van der Waals surface area contributed by atoms with Gasteiger partial charge in [0.15, 0.2) is 0 Å². The van der Waals surface area contributed by atoms with Crippen molar-refractivity contribution in [3.63, 3.8) is 0 Å². The van der Waals surface area contributed by atoms with Crippen LogP contribution in [-0.4, -0.2) is 36.1 Å². The van der Waals surface area contributed by atoms with Gasteiger partial charge in [-0.15, -0.1) is 0 Å². The highest BCUT2D eigenvalue weighted by Gasteiger charge is 2.38. The standard InChI is InChI=1S/C17H26N2/c1-17(2)9-6-11-19(17)12-10-18-16-13-15(16)14-7-4-3-5-8-14/h3-5,7-8,15-16,18H,6,9-13H2,1-2H3. The van der Waals surface area contributed by atoms with Crippen molar-refractivity contribution in [1.82, 2.24) is 10.2 Å². The van der Waals surface area contributed by atoms with Gasteiger partial charge in [0.05, 0.1) is 0 Å². The van der Waals surface area contributed by atoms with E-state index in [9.17, 15) is 0 Å². The van der Waals surface area contributed by atoms with E-state index < -0.39 is 0 Å². The molecule has 2 heteroatoms. The lowest BCUT2D eigenvalue weighted by Gasteiger charge is -2.31. The molecule has 1 aromatic rings. The molecular formula is C17H26N2. The highest BCUT2D eigenvalue weighted by molar-refractivity contribution is 5.27. The van der Waals surface area contributed by atoms with E-state index in [0.29, 0.717) is 11.6 Å². The second-order valence-electron chi connectivity index (χ2n) is 6.72. The van der Waals surface area contributed by atoms with Crippen molar-refractivity contribution in [2.45, 2.75) is 50.6 Å². The van der Waals surface area contributed by atoms with Crippen molar-refractivity contribution in [3.8, 4) is 0 Å². The summed E-state index contributed by atoms with van der Waals surface area (Å²) in [4.78, 5) is 2.64. The number of rotatable bonds is 5. The summed E-state index contributed by atoms with van der Waals surface area (Å²) in [6.07, 6.45) is 4.03. The fourth-order valence-electron chi connectivity index (χ4n) is 3.45. The van der Waals surface area contributed by atoms with Crippen molar-refractivity contribution in [3.05, 3.63) is 35.9 Å². The van der Waals surface area contributed by atoms with Crippen LogP contribution in [0.15, 0.2) is 30.3 Å². The molecule has 1 saturated carbocycles. The molecule has 1 aliphatic heterocycles. The van der Waals surface area contributed by atoms with Gasteiger partial charge in [-0.05, 0) is 45.2 Å². The first-order valence-electron chi connectivity index (χ1n) is 7.70. The number of hydrogen-bond acceptors (Lipinski definition) is 2. The first-order valence-corrected chi connectivity index (χ1v) is 7.70. The third kappa shape index (κ3) is 3.01. The Kier molecular flexibility index (Phi) is 3.64. The summed E-state index contributed by atoms with van der Waals surface area (Å²) in [7, 11) is 0. The van der Waals surface area contributed by atoms with Crippen LogP contribution in [0.3, 0.4) is 0 Å². The zero-order chi connectivity index (χ0) is 13.3. The smallest absolute Gasteiger partial charge is 0.0154 e. The van der Waals surface area contributed by atoms with E-state index in [1.165, 1.54) is 37.9 Å². The third-order valence-electron chi connectivity index (χ3n) is 4.88. The molecule has 3 rings (SSSR count). The van der Waals surface area contributed by atoms with Gasteiger partial charge in [-0.25, -0.2) is 0 Å². The minimum Gasteiger partial charge on any atom is -0.312 e. The summed E-state index contributed by atoms with van der Waals surface area (Å²) in [5, 5.41) is 3.73. The Balaban J connectivity index is 1.41. The molecule has 2 fully saturated rings. The van der Waals surface area contributed by atoms with Crippen LogP contribution in [0.25, 0.3) is 0 Å². The van der Waals surface area contributed by atoms with E-state index >= 15 is 0 Å². The molecule has 0 amide bonds. The average Bonchev–Trinajstić information content (AvgIpc) is 3.09. The van der Waals surface area contributed by atoms with Crippen LogP contribution in [0.1, 0.15) is 44.6 Å². The van der Waals surface area contributed by atoms with E-state index in [1.54, 1.807) is 0 Å². The Morgan fingerprint density at radius 3 is 2.74 bits per heavy atom. The van der Waals surface area contributed by atoms with E-state index in [4.69, 9.17) is 0 Å². The molecule has 0 radical (unpaired) electrons. The minimum absolute atomic E-state index is 0.421. The molecule has 2 aliphatic rings. The van der Waals surface area contributed by atoms with Gasteiger partial charge in [0.2, 0.25) is 0 Å². The molecule has 19 heavy (non-hydrogen) atoms. The van der Waals surface area contributed by atoms with Gasteiger partial charge < -0.3 is 5.32 Å². The highest BCUT2D eigenvalue weighted by Crippen LogP contribution is 2.40. The van der Waals surface area contributed by atoms with E-state index in [0.717, 1.165) is 12.5 Å². The second-order valence-corrected chi connectivity index (χ2v) is 6.72. The summed E-state index contributed by atoms with van der Waals surface area (Å²) >= 11 is 0. The molecule has 1 aliphatic carbocycles. The van der Waals surface area contributed by atoms with Gasteiger partial charge in [0, 0.05) is 30.6 Å². The Bertz CT molecular complexity index is 413. The van der Waals surface area contributed by atoms with E-state index in [1.807, 2.05) is 0 Å². The van der Waals surface area contributed by atoms with Crippen molar-refractivity contribution < 1.29 is 0 Å². The fraction of sp³-hybridized carbons (Fsp3) is 0.647. The van der Waals surface area contributed by atoms with Gasteiger partial charge in [0.1, 0.15) is 0 Å². The van der Waals surface area contributed by atoms with Crippen LogP contribution >= 0.6 is 0 Å². The summed E-state index contributed by atoms with van der Waals surface area (Å²) in [6, 6.07) is 11.6. The van der Waals surface area contributed by atoms with Crippen LogP contribution in [0, 0.1) is 0 Å². The monoisotopic (exact) mass is 258 g/mol. The predicted octanol–water partition coefficient (Wildman–Crippen LogP) is 3.01. The van der Waals surface area contributed by atoms with E-state index in [-0.39, 0.29) is 0 Å². The third-order valence-corrected chi connectivity index (χ3v) is 4.88. The topological polar surface area (TPSA) is 15.3 Å². The Labute approximate surface area is 117 Å². The van der Waals surface area contributed by atoms with Gasteiger partial charge in [-0.3, -0.25) is 4.90 Å². The lowest BCUT2D eigenvalue weighted by molar-refractivity contribution is 0.175. The molecule has 1 heterocycles. The van der Waals surface area contributed by atoms with Gasteiger partial charge in [-0.1, -0.05) is 30.3 Å². The normalized spacial score (nSPS) is 29.6. The molecule has 2 unspecified atom stereocenters. The van der Waals surface area contributed by atoms with Crippen LogP contribution in [-0.2, 0) is 0 Å². The average molecular weight is 258 g/mol. The molecule has 1 aromatic carbocycles. The molecular weight excluding hydrogens is 232 g/mol. The molecule has 2 nitrogen and oxygen atoms in total. The quantitative estimate of drug-likeness (QED) is 0.873. The number of benzene rings is 1. The van der Waals surface area contributed by atoms with E-state index in [2.05, 4.69) is 54.4 Å². The lowest BCUT2D eigenvalue weighted by Crippen LogP contribution is -2.42. The van der Waals surface area contributed by atoms with Gasteiger partial charge in [-0.2, -0.15) is 0 Å². The zero-order valence-electron chi connectivity index (χ0n) is 12.2. The van der Waals surface area contributed by atoms with Crippen LogP contribution < -0.4 is 5.32 Å². The number of hydrogen-bond donors (Lipinski definition) is 1. The fourth-order valence-corrected chi connectivity index (χ4v) is 3.45. The Morgan fingerprint density at radius 1 is 1.26 bits per heavy atom. The molecule has 2 atom stereocenters. The molecule has 0 aromatic heterocycles. The number of likely N-dealkylation sites (tertiary alicyclic amines) is 1. The molecule has 1 N–H and O–H groups in total. The van der Waals surface area contributed by atoms with Crippen molar-refractivity contribution in [1.29, 1.82) is 0 Å². The maximum atomic E-state index is 3.73. The van der Waals surface area contributed by atoms with Crippen molar-refractivity contribution >= 4 is 0 Å². The van der Waals surface area contributed by atoms with Crippen LogP contribution in [0.2, 0.25) is 0 Å². The van der Waals surface area contributed by atoms with Crippen molar-refractivity contribution in [2.75, 3.05) is 19.6 Å². The summed E-state index contributed by atoms with van der Waals surface area (Å²) < 4.78 is 0. The Hall–Kier alpha value is -0.860. The molecule has 0 spiro atoms. The molecule has 104 valence electrons. The number of nitrogens with zero attached hydrogens (tertiary/aromatic N) is 1. The Morgan fingerprint density at radius 2 is 2.05 bits per heavy atom. The predicted molar refractivity (Wildman–Crippen MR) is 80.5 cm³/mol. The lowest BCUT2D eigenvalue weighted by atomic mass is 10.0. The summed E-state index contributed by atoms with van der Waals surface area (Å²) in [5.74, 6) is 0.757. The SMILES string of the molecule is CC1(C)CCCN1CCNC1CC1c1ccccc1.